The topological polar surface area (TPSA) is 20.2 Å². The minimum absolute atomic E-state index is 0.409. The van der Waals surface area contributed by atoms with Crippen molar-refractivity contribution < 1.29 is 5.11 Å². The van der Waals surface area contributed by atoms with Crippen molar-refractivity contribution in [1.29, 1.82) is 0 Å². The average molecular weight is 287 g/mol. The maximum absolute atomic E-state index is 10.7. The lowest BCUT2D eigenvalue weighted by atomic mass is 9.92. The van der Waals surface area contributed by atoms with Crippen LogP contribution in [0, 0.1) is 6.92 Å². The van der Waals surface area contributed by atoms with Gasteiger partial charge in [-0.05, 0) is 36.9 Å². The van der Waals surface area contributed by atoms with E-state index in [9.17, 15) is 5.11 Å². The largest absolute Gasteiger partial charge is 0.380 e. The number of hydrogen-bond acceptors (Lipinski definition) is 2. The lowest BCUT2D eigenvalue weighted by Gasteiger charge is -2.25. The van der Waals surface area contributed by atoms with Crippen LogP contribution in [0.3, 0.4) is 0 Å². The molecule has 2 rings (SSSR count). The number of hydrogen-bond donors (Lipinski definition) is 1. The number of aryl methyl sites for hydroxylation is 1. The van der Waals surface area contributed by atoms with Crippen molar-refractivity contribution in [2.24, 2.45) is 0 Å². The quantitative estimate of drug-likeness (QED) is 0.854. The van der Waals surface area contributed by atoms with E-state index in [1.54, 1.807) is 25.1 Å². The molecule has 1 heterocycles. The van der Waals surface area contributed by atoms with Crippen molar-refractivity contribution in [2.45, 2.75) is 19.4 Å². The number of thiophene rings is 1. The van der Waals surface area contributed by atoms with Crippen LogP contribution in [-0.2, 0) is 5.60 Å². The summed E-state index contributed by atoms with van der Waals surface area (Å²) in [5.74, 6) is 0. The molecule has 1 nitrogen and oxygen atoms in total. The molecule has 1 aromatic carbocycles. The van der Waals surface area contributed by atoms with Gasteiger partial charge < -0.3 is 5.11 Å². The summed E-state index contributed by atoms with van der Waals surface area (Å²) in [6, 6.07) is 7.28. The Morgan fingerprint density at radius 2 is 1.94 bits per heavy atom. The maximum Gasteiger partial charge on any atom is 0.123 e. The van der Waals surface area contributed by atoms with E-state index in [0.717, 1.165) is 10.4 Å². The molecule has 0 aliphatic carbocycles. The van der Waals surface area contributed by atoms with E-state index in [2.05, 4.69) is 0 Å². The number of aliphatic hydroxyl groups is 1. The Morgan fingerprint density at radius 1 is 1.24 bits per heavy atom. The Bertz CT molecular complexity index is 546. The second-order valence-electron chi connectivity index (χ2n) is 4.11. The molecule has 1 aromatic heterocycles. The first kappa shape index (κ1) is 12.9. The second kappa shape index (κ2) is 4.62. The molecule has 0 saturated carbocycles. The van der Waals surface area contributed by atoms with Crippen LogP contribution in [0.5, 0.6) is 0 Å². The Hall–Kier alpha value is -0.540. The summed E-state index contributed by atoms with van der Waals surface area (Å²) >= 11 is 13.7. The highest BCUT2D eigenvalue weighted by Crippen LogP contribution is 2.40. The Balaban J connectivity index is 2.60. The van der Waals surface area contributed by atoms with E-state index in [1.807, 2.05) is 18.4 Å². The van der Waals surface area contributed by atoms with Crippen LogP contribution < -0.4 is 0 Å². The van der Waals surface area contributed by atoms with Crippen molar-refractivity contribution in [3.05, 3.63) is 55.7 Å². The van der Waals surface area contributed by atoms with Gasteiger partial charge >= 0.3 is 0 Å². The van der Waals surface area contributed by atoms with Crippen LogP contribution in [0.1, 0.15) is 22.9 Å². The molecule has 0 aliphatic heterocycles. The molecule has 1 atom stereocenters. The summed E-state index contributed by atoms with van der Waals surface area (Å²) < 4.78 is 0. The highest BCUT2D eigenvalue weighted by molar-refractivity contribution is 7.10. The Labute approximate surface area is 115 Å². The van der Waals surface area contributed by atoms with Crippen LogP contribution in [0.4, 0.5) is 0 Å². The van der Waals surface area contributed by atoms with Gasteiger partial charge in [-0.3, -0.25) is 0 Å². The second-order valence-corrected chi connectivity index (χ2v) is 5.81. The van der Waals surface area contributed by atoms with E-state index in [1.165, 1.54) is 11.3 Å². The van der Waals surface area contributed by atoms with Gasteiger partial charge in [0.15, 0.2) is 0 Å². The van der Waals surface area contributed by atoms with Gasteiger partial charge in [-0.2, -0.15) is 0 Å². The standard InChI is InChI=1S/C13H12Cl2OS/c1-8-6-7-17-12(8)13(2,16)9-4-3-5-10(14)11(9)15/h3-7,16H,1-2H3. The van der Waals surface area contributed by atoms with Gasteiger partial charge in [-0.15, -0.1) is 11.3 Å². The monoisotopic (exact) mass is 286 g/mol. The third-order valence-corrected chi connectivity index (χ3v) is 4.83. The molecule has 0 radical (unpaired) electrons. The van der Waals surface area contributed by atoms with Crippen LogP contribution in [0.25, 0.3) is 0 Å². The molecule has 0 bridgehead atoms. The fourth-order valence-electron chi connectivity index (χ4n) is 1.87. The van der Waals surface area contributed by atoms with Crippen molar-refractivity contribution in [3.63, 3.8) is 0 Å². The molecular weight excluding hydrogens is 275 g/mol. The molecule has 0 spiro atoms. The van der Waals surface area contributed by atoms with Crippen molar-refractivity contribution in [2.75, 3.05) is 0 Å². The van der Waals surface area contributed by atoms with Gasteiger partial charge in [-0.25, -0.2) is 0 Å². The minimum atomic E-state index is -1.11. The van der Waals surface area contributed by atoms with Crippen molar-refractivity contribution in [3.8, 4) is 0 Å². The fourth-order valence-corrected chi connectivity index (χ4v) is 3.36. The molecule has 4 heteroatoms. The zero-order valence-electron chi connectivity index (χ0n) is 9.50. The summed E-state index contributed by atoms with van der Waals surface area (Å²) in [5.41, 5.74) is 0.577. The molecule has 0 saturated heterocycles. The Morgan fingerprint density at radius 3 is 2.53 bits per heavy atom. The minimum Gasteiger partial charge on any atom is -0.380 e. The molecular formula is C13H12Cl2OS. The van der Waals surface area contributed by atoms with Gasteiger partial charge in [-0.1, -0.05) is 35.3 Å². The predicted molar refractivity (Wildman–Crippen MR) is 74.2 cm³/mol. The van der Waals surface area contributed by atoms with E-state index >= 15 is 0 Å². The van der Waals surface area contributed by atoms with E-state index in [4.69, 9.17) is 23.2 Å². The van der Waals surface area contributed by atoms with Gasteiger partial charge in [0.25, 0.3) is 0 Å². The smallest absolute Gasteiger partial charge is 0.123 e. The summed E-state index contributed by atoms with van der Waals surface area (Å²) in [6.07, 6.45) is 0. The Kier molecular flexibility index (Phi) is 3.50. The third kappa shape index (κ3) is 2.23. The van der Waals surface area contributed by atoms with Crippen LogP contribution in [0.2, 0.25) is 10.0 Å². The normalized spacial score (nSPS) is 14.6. The number of halogens is 2. The number of benzene rings is 1. The third-order valence-electron chi connectivity index (χ3n) is 2.78. The lowest BCUT2D eigenvalue weighted by Crippen LogP contribution is -2.22. The van der Waals surface area contributed by atoms with Gasteiger partial charge in [0.05, 0.1) is 10.0 Å². The summed E-state index contributed by atoms with van der Waals surface area (Å²) in [4.78, 5) is 0.890. The summed E-state index contributed by atoms with van der Waals surface area (Å²) in [6.45, 7) is 3.71. The molecule has 1 unspecified atom stereocenters. The van der Waals surface area contributed by atoms with Crippen LogP contribution in [0.15, 0.2) is 29.6 Å². The first-order chi connectivity index (χ1) is 7.94. The highest BCUT2D eigenvalue weighted by atomic mass is 35.5. The molecule has 90 valence electrons. The SMILES string of the molecule is Cc1ccsc1C(C)(O)c1cccc(Cl)c1Cl. The van der Waals surface area contributed by atoms with E-state index in [0.29, 0.717) is 15.6 Å². The lowest BCUT2D eigenvalue weighted by molar-refractivity contribution is 0.106. The van der Waals surface area contributed by atoms with Gasteiger partial charge in [0.1, 0.15) is 5.60 Å². The average Bonchev–Trinajstić information content (AvgIpc) is 2.69. The zero-order chi connectivity index (χ0) is 12.6. The first-order valence-corrected chi connectivity index (χ1v) is 6.79. The molecule has 1 N–H and O–H groups in total. The van der Waals surface area contributed by atoms with Crippen LogP contribution in [-0.4, -0.2) is 5.11 Å². The first-order valence-electron chi connectivity index (χ1n) is 5.16. The fraction of sp³-hybridized carbons (Fsp3) is 0.231. The molecule has 0 fully saturated rings. The van der Waals surface area contributed by atoms with Crippen molar-refractivity contribution in [1.82, 2.24) is 0 Å². The van der Waals surface area contributed by atoms with E-state index in [-0.39, 0.29) is 0 Å². The highest BCUT2D eigenvalue weighted by Gasteiger charge is 2.31. The van der Waals surface area contributed by atoms with Crippen LogP contribution >= 0.6 is 34.5 Å². The summed E-state index contributed by atoms with van der Waals surface area (Å²) in [5, 5.41) is 13.5. The maximum atomic E-state index is 10.7. The molecule has 17 heavy (non-hydrogen) atoms. The molecule has 0 aliphatic rings. The zero-order valence-corrected chi connectivity index (χ0v) is 11.8. The van der Waals surface area contributed by atoms with E-state index < -0.39 is 5.60 Å². The molecule has 2 aromatic rings. The molecule has 0 amide bonds. The summed E-state index contributed by atoms with van der Waals surface area (Å²) in [7, 11) is 0. The van der Waals surface area contributed by atoms with Gasteiger partial charge in [0, 0.05) is 10.4 Å². The predicted octanol–water partition coefficient (Wildman–Crippen LogP) is 4.62. The number of rotatable bonds is 2. The van der Waals surface area contributed by atoms with Gasteiger partial charge in [0.2, 0.25) is 0 Å². The van der Waals surface area contributed by atoms with Crippen molar-refractivity contribution >= 4 is 34.5 Å².